The van der Waals surface area contributed by atoms with Crippen LogP contribution in [0, 0.1) is 5.92 Å². The molecule has 7 nitrogen and oxygen atoms in total. The van der Waals surface area contributed by atoms with E-state index < -0.39 is 11.7 Å². The second-order valence-corrected chi connectivity index (χ2v) is 8.57. The summed E-state index contributed by atoms with van der Waals surface area (Å²) in [5, 5.41) is 0.514. The van der Waals surface area contributed by atoms with Crippen LogP contribution in [-0.2, 0) is 4.79 Å². The van der Waals surface area contributed by atoms with Gasteiger partial charge in [0.25, 0.3) is 11.7 Å². The Balaban J connectivity index is 1.37. The van der Waals surface area contributed by atoms with Crippen LogP contribution in [-0.4, -0.2) is 53.9 Å². The molecule has 0 spiro atoms. The van der Waals surface area contributed by atoms with Crippen molar-refractivity contribution in [3.05, 3.63) is 59.4 Å². The van der Waals surface area contributed by atoms with Gasteiger partial charge in [-0.2, -0.15) is 0 Å². The number of hydrogen-bond donors (Lipinski definition) is 1. The standard InChI is InChI=1S/C26H27N3O4/c1-32-20-15-28-25(33-2)23-22(20)19(14-27-23)24(30)26(31)29-12-10-18(11-13-29)21(17-8-9-17)16-6-4-3-5-7-16/h3-7,14-15,17,27H,8-13H2,1-2H3. The molecule has 0 atom stereocenters. The van der Waals surface area contributed by atoms with Crippen molar-refractivity contribution in [2.75, 3.05) is 27.3 Å². The minimum absolute atomic E-state index is 0.275. The largest absolute Gasteiger partial charge is 0.494 e. The number of H-pyrrole nitrogens is 1. The number of methoxy groups -OCH3 is 2. The van der Waals surface area contributed by atoms with Gasteiger partial charge < -0.3 is 19.4 Å². The monoisotopic (exact) mass is 445 g/mol. The van der Waals surface area contributed by atoms with Gasteiger partial charge in [0.15, 0.2) is 0 Å². The summed E-state index contributed by atoms with van der Waals surface area (Å²) in [6.45, 7) is 1.10. The van der Waals surface area contributed by atoms with Crippen molar-refractivity contribution in [2.24, 2.45) is 5.92 Å². The lowest BCUT2D eigenvalue weighted by Gasteiger charge is -2.30. The van der Waals surface area contributed by atoms with E-state index in [1.807, 2.05) is 6.07 Å². The summed E-state index contributed by atoms with van der Waals surface area (Å²) in [5.74, 6) is 0.363. The Morgan fingerprint density at radius 3 is 2.42 bits per heavy atom. The lowest BCUT2D eigenvalue weighted by Crippen LogP contribution is -2.40. The summed E-state index contributed by atoms with van der Waals surface area (Å²) in [7, 11) is 3.01. The predicted octanol–water partition coefficient (Wildman–Crippen LogP) is 4.25. The number of nitrogens with one attached hydrogen (secondary N) is 1. The van der Waals surface area contributed by atoms with Crippen molar-refractivity contribution in [2.45, 2.75) is 25.7 Å². The number of ketones is 1. The number of pyridine rings is 1. The first kappa shape index (κ1) is 21.2. The molecule has 1 amide bonds. The van der Waals surface area contributed by atoms with Crippen molar-refractivity contribution in [1.29, 1.82) is 0 Å². The summed E-state index contributed by atoms with van der Waals surface area (Å²) >= 11 is 0. The third-order valence-electron chi connectivity index (χ3n) is 6.60. The van der Waals surface area contributed by atoms with Gasteiger partial charge in [-0.1, -0.05) is 35.9 Å². The molecular weight excluding hydrogens is 418 g/mol. The Morgan fingerprint density at radius 2 is 1.79 bits per heavy atom. The summed E-state index contributed by atoms with van der Waals surface area (Å²) in [6, 6.07) is 10.5. The average molecular weight is 446 g/mol. The number of carbonyl (C=O) groups is 2. The third-order valence-corrected chi connectivity index (χ3v) is 6.60. The zero-order valence-corrected chi connectivity index (χ0v) is 18.9. The predicted molar refractivity (Wildman–Crippen MR) is 125 cm³/mol. The maximum atomic E-state index is 13.2. The van der Waals surface area contributed by atoms with Crippen LogP contribution < -0.4 is 9.47 Å². The van der Waals surface area contributed by atoms with Gasteiger partial charge in [-0.05, 0) is 42.7 Å². The van der Waals surface area contributed by atoms with Crippen LogP contribution in [0.1, 0.15) is 41.6 Å². The Bertz CT molecular complexity index is 1230. The van der Waals surface area contributed by atoms with E-state index in [2.05, 4.69) is 34.2 Å². The molecule has 5 rings (SSSR count). The highest BCUT2D eigenvalue weighted by atomic mass is 16.5. The van der Waals surface area contributed by atoms with Gasteiger partial charge in [0, 0.05) is 19.3 Å². The molecule has 0 radical (unpaired) electrons. The lowest BCUT2D eigenvalue weighted by molar-refractivity contribution is -0.126. The number of amides is 1. The van der Waals surface area contributed by atoms with Crippen molar-refractivity contribution in [3.63, 3.8) is 0 Å². The number of aromatic amines is 1. The second kappa shape index (κ2) is 8.73. The Labute approximate surface area is 192 Å². The van der Waals surface area contributed by atoms with Gasteiger partial charge in [0.1, 0.15) is 11.3 Å². The number of benzene rings is 1. The van der Waals surface area contributed by atoms with E-state index in [0.29, 0.717) is 41.5 Å². The van der Waals surface area contributed by atoms with Crippen molar-refractivity contribution >= 4 is 28.2 Å². The maximum absolute atomic E-state index is 13.2. The molecule has 1 aliphatic heterocycles. The maximum Gasteiger partial charge on any atom is 0.295 e. The van der Waals surface area contributed by atoms with Gasteiger partial charge in [0.05, 0.1) is 31.4 Å². The zero-order valence-electron chi connectivity index (χ0n) is 18.9. The molecule has 0 bridgehead atoms. The average Bonchev–Trinajstić information content (AvgIpc) is 3.60. The van der Waals surface area contributed by atoms with Gasteiger partial charge in [-0.15, -0.1) is 0 Å². The van der Waals surface area contributed by atoms with Crippen LogP contribution >= 0.6 is 0 Å². The molecule has 2 fully saturated rings. The van der Waals surface area contributed by atoms with E-state index in [-0.39, 0.29) is 5.56 Å². The summed E-state index contributed by atoms with van der Waals surface area (Å²) in [5.41, 5.74) is 4.98. The molecule has 33 heavy (non-hydrogen) atoms. The first-order chi connectivity index (χ1) is 16.1. The first-order valence-corrected chi connectivity index (χ1v) is 11.3. The highest BCUT2D eigenvalue weighted by molar-refractivity contribution is 6.45. The van der Waals surface area contributed by atoms with E-state index in [1.165, 1.54) is 56.2 Å². The molecular formula is C26H27N3O4. The SMILES string of the molecule is COc1ncc(OC)c2c(C(=O)C(=O)N3CCC(=C(c4ccccc4)C4CC4)CC3)c[nH]c12. The number of fused-ring (bicyclic) bond motifs is 1. The number of piperidine rings is 1. The summed E-state index contributed by atoms with van der Waals surface area (Å²) in [6.07, 6.45) is 7.10. The van der Waals surface area contributed by atoms with E-state index >= 15 is 0 Å². The number of hydrogen-bond acceptors (Lipinski definition) is 5. The van der Waals surface area contributed by atoms with Crippen LogP contribution in [0.15, 0.2) is 48.3 Å². The second-order valence-electron chi connectivity index (χ2n) is 8.57. The number of rotatable bonds is 6. The van der Waals surface area contributed by atoms with E-state index in [1.54, 1.807) is 4.90 Å². The molecule has 3 heterocycles. The minimum Gasteiger partial charge on any atom is -0.494 e. The number of carbonyl (C=O) groups excluding carboxylic acids is 2. The number of Topliss-reactive ketones (excluding diaryl/α,β-unsaturated/α-hetero) is 1. The molecule has 1 saturated carbocycles. The van der Waals surface area contributed by atoms with Gasteiger partial charge in [0.2, 0.25) is 5.88 Å². The number of aromatic nitrogens is 2. The van der Waals surface area contributed by atoms with Crippen molar-refractivity contribution in [3.8, 4) is 11.6 Å². The number of nitrogens with zero attached hydrogens (tertiary/aromatic N) is 2. The molecule has 3 aromatic rings. The molecule has 1 aliphatic carbocycles. The number of ether oxygens (including phenoxy) is 2. The zero-order chi connectivity index (χ0) is 22.9. The molecule has 1 N–H and O–H groups in total. The Kier molecular flexibility index (Phi) is 5.62. The fourth-order valence-electron chi connectivity index (χ4n) is 4.81. The highest BCUT2D eigenvalue weighted by Gasteiger charge is 2.33. The lowest BCUT2D eigenvalue weighted by atomic mass is 9.90. The highest BCUT2D eigenvalue weighted by Crippen LogP contribution is 2.45. The van der Waals surface area contributed by atoms with Crippen LogP contribution in [0.4, 0.5) is 0 Å². The number of likely N-dealkylation sites (tertiary alicyclic amines) is 1. The van der Waals surface area contributed by atoms with E-state index in [9.17, 15) is 9.59 Å². The van der Waals surface area contributed by atoms with Crippen LogP contribution in [0.25, 0.3) is 16.5 Å². The van der Waals surface area contributed by atoms with Crippen LogP contribution in [0.5, 0.6) is 11.6 Å². The summed E-state index contributed by atoms with van der Waals surface area (Å²) in [4.78, 5) is 35.2. The Morgan fingerprint density at radius 1 is 1.06 bits per heavy atom. The minimum atomic E-state index is -0.550. The molecule has 7 heteroatoms. The molecule has 170 valence electrons. The fourth-order valence-corrected chi connectivity index (χ4v) is 4.81. The smallest absolute Gasteiger partial charge is 0.295 e. The van der Waals surface area contributed by atoms with Crippen LogP contribution in [0.3, 0.4) is 0 Å². The molecule has 0 unspecified atom stereocenters. The third kappa shape index (κ3) is 3.88. The fraction of sp³-hybridized carbons (Fsp3) is 0.346. The molecule has 2 aromatic heterocycles. The molecule has 2 aliphatic rings. The van der Waals surface area contributed by atoms with E-state index in [0.717, 1.165) is 12.8 Å². The van der Waals surface area contributed by atoms with Gasteiger partial charge in [-0.25, -0.2) is 4.98 Å². The molecule has 1 saturated heterocycles. The first-order valence-electron chi connectivity index (χ1n) is 11.3. The van der Waals surface area contributed by atoms with E-state index in [4.69, 9.17) is 9.47 Å². The normalized spacial score (nSPS) is 16.1. The number of allylic oxidation sites excluding steroid dienone is 1. The molecule has 1 aromatic carbocycles. The van der Waals surface area contributed by atoms with Crippen molar-refractivity contribution in [1.82, 2.24) is 14.9 Å². The van der Waals surface area contributed by atoms with Crippen LogP contribution in [0.2, 0.25) is 0 Å². The van der Waals surface area contributed by atoms with Crippen molar-refractivity contribution < 1.29 is 19.1 Å². The Hall–Kier alpha value is -3.61. The quantitative estimate of drug-likeness (QED) is 0.453. The van der Waals surface area contributed by atoms with Gasteiger partial charge in [-0.3, -0.25) is 9.59 Å². The topological polar surface area (TPSA) is 84.5 Å². The summed E-state index contributed by atoms with van der Waals surface area (Å²) < 4.78 is 10.7. The van der Waals surface area contributed by atoms with Gasteiger partial charge >= 0.3 is 0 Å².